The topological polar surface area (TPSA) is 84.9 Å². The average molecular weight is 334 g/mol. The van der Waals surface area contributed by atoms with Gasteiger partial charge in [-0.15, -0.1) is 0 Å². The fraction of sp³-hybridized carbons (Fsp3) is 0.471. The highest BCUT2D eigenvalue weighted by atomic mass is 16.5. The van der Waals surface area contributed by atoms with Crippen LogP contribution in [0.3, 0.4) is 0 Å². The van der Waals surface area contributed by atoms with E-state index >= 15 is 0 Å². The van der Waals surface area contributed by atoms with E-state index in [1.54, 1.807) is 0 Å². The normalized spacial score (nSPS) is 15.6. The summed E-state index contributed by atoms with van der Waals surface area (Å²) < 4.78 is 9.35. The number of hydrogen-bond acceptors (Lipinski definition) is 6. The van der Waals surface area contributed by atoms with Crippen molar-refractivity contribution in [2.75, 3.05) is 34.4 Å². The van der Waals surface area contributed by atoms with Crippen LogP contribution >= 0.6 is 0 Å². The van der Waals surface area contributed by atoms with Gasteiger partial charge in [-0.05, 0) is 51.2 Å². The molecule has 0 aromatic heterocycles. The first kappa shape index (κ1) is 17.9. The van der Waals surface area contributed by atoms with Gasteiger partial charge in [-0.25, -0.2) is 9.59 Å². The number of carbonyl (C=O) groups is 3. The van der Waals surface area contributed by atoms with E-state index in [9.17, 15) is 14.4 Å². The van der Waals surface area contributed by atoms with E-state index in [4.69, 9.17) is 0 Å². The Kier molecular flexibility index (Phi) is 5.92. The van der Waals surface area contributed by atoms with Crippen molar-refractivity contribution in [1.82, 2.24) is 10.2 Å². The number of ether oxygens (including phenoxy) is 2. The highest BCUT2D eigenvalue weighted by Gasteiger charge is 2.21. The first-order valence-electron chi connectivity index (χ1n) is 7.75. The molecule has 2 rings (SSSR count). The maximum absolute atomic E-state index is 12.5. The molecule has 1 aliphatic rings. The standard InChI is InChI=1S/C17H22N2O5/c1-19-6-4-14(5-7-19)18-15(20)11-8-12(16(21)23-2)10-13(9-11)17(22)24-3/h8-10,14H,4-7H2,1-3H3,(H,18,20). The molecule has 0 saturated carbocycles. The van der Waals surface area contributed by atoms with E-state index in [1.165, 1.54) is 32.4 Å². The Bertz CT molecular complexity index is 602. The molecule has 24 heavy (non-hydrogen) atoms. The van der Waals surface area contributed by atoms with Crippen molar-refractivity contribution in [3.05, 3.63) is 34.9 Å². The van der Waals surface area contributed by atoms with Crippen LogP contribution in [-0.2, 0) is 9.47 Å². The molecule has 0 bridgehead atoms. The second kappa shape index (κ2) is 7.92. The van der Waals surface area contributed by atoms with Gasteiger partial charge in [0.25, 0.3) is 5.91 Å². The minimum atomic E-state index is -0.617. The van der Waals surface area contributed by atoms with E-state index in [2.05, 4.69) is 19.7 Å². The van der Waals surface area contributed by atoms with Crippen LogP contribution in [0.5, 0.6) is 0 Å². The number of amides is 1. The number of likely N-dealkylation sites (tertiary alicyclic amines) is 1. The fourth-order valence-electron chi connectivity index (χ4n) is 2.65. The Balaban J connectivity index is 2.22. The lowest BCUT2D eigenvalue weighted by atomic mass is 10.0. The molecule has 1 amide bonds. The quantitative estimate of drug-likeness (QED) is 0.830. The zero-order valence-electron chi connectivity index (χ0n) is 14.1. The summed E-state index contributed by atoms with van der Waals surface area (Å²) in [5.41, 5.74) is 0.500. The van der Waals surface area contributed by atoms with Crippen LogP contribution in [0, 0.1) is 0 Å². The van der Waals surface area contributed by atoms with E-state index in [0.29, 0.717) is 0 Å². The van der Waals surface area contributed by atoms with Crippen LogP contribution in [0.1, 0.15) is 43.9 Å². The van der Waals surface area contributed by atoms with Crippen molar-refractivity contribution < 1.29 is 23.9 Å². The van der Waals surface area contributed by atoms with Gasteiger partial charge in [-0.1, -0.05) is 0 Å². The molecule has 7 heteroatoms. The van der Waals surface area contributed by atoms with Crippen LogP contribution in [0.15, 0.2) is 18.2 Å². The predicted octanol–water partition coefficient (Wildman–Crippen LogP) is 1.08. The molecule has 1 N–H and O–H groups in total. The Morgan fingerprint density at radius 1 is 0.958 bits per heavy atom. The summed E-state index contributed by atoms with van der Waals surface area (Å²) in [6, 6.07) is 4.27. The van der Waals surface area contributed by atoms with Gasteiger partial charge in [-0.3, -0.25) is 4.79 Å². The van der Waals surface area contributed by atoms with Crippen molar-refractivity contribution >= 4 is 17.8 Å². The largest absolute Gasteiger partial charge is 0.465 e. The summed E-state index contributed by atoms with van der Waals surface area (Å²) in [7, 11) is 4.53. The number of carbonyl (C=O) groups excluding carboxylic acids is 3. The molecule has 0 radical (unpaired) electrons. The van der Waals surface area contributed by atoms with Crippen LogP contribution in [-0.4, -0.2) is 63.1 Å². The molecule has 1 aromatic carbocycles. The third kappa shape index (κ3) is 4.32. The first-order chi connectivity index (χ1) is 11.4. The van der Waals surface area contributed by atoms with Crippen molar-refractivity contribution in [3.8, 4) is 0 Å². The zero-order chi connectivity index (χ0) is 17.7. The maximum atomic E-state index is 12.5. The maximum Gasteiger partial charge on any atom is 0.337 e. The average Bonchev–Trinajstić information content (AvgIpc) is 2.61. The third-order valence-electron chi connectivity index (χ3n) is 4.09. The van der Waals surface area contributed by atoms with Gasteiger partial charge in [0.05, 0.1) is 25.3 Å². The number of esters is 2. The van der Waals surface area contributed by atoms with Gasteiger partial charge < -0.3 is 19.7 Å². The smallest absolute Gasteiger partial charge is 0.337 e. The third-order valence-corrected chi connectivity index (χ3v) is 4.09. The molecule has 0 spiro atoms. The lowest BCUT2D eigenvalue weighted by Crippen LogP contribution is -2.43. The molecule has 0 unspecified atom stereocenters. The van der Waals surface area contributed by atoms with E-state index in [-0.39, 0.29) is 28.6 Å². The van der Waals surface area contributed by atoms with E-state index in [1.807, 2.05) is 7.05 Å². The molecular weight excluding hydrogens is 312 g/mol. The number of benzene rings is 1. The number of nitrogens with zero attached hydrogens (tertiary/aromatic N) is 1. The van der Waals surface area contributed by atoms with Crippen molar-refractivity contribution in [2.45, 2.75) is 18.9 Å². The van der Waals surface area contributed by atoms with Gasteiger partial charge in [0.2, 0.25) is 0 Å². The monoisotopic (exact) mass is 334 g/mol. The molecule has 130 valence electrons. The van der Waals surface area contributed by atoms with Crippen LogP contribution in [0.25, 0.3) is 0 Å². The van der Waals surface area contributed by atoms with E-state index < -0.39 is 11.9 Å². The molecule has 1 saturated heterocycles. The zero-order valence-corrected chi connectivity index (χ0v) is 14.1. The highest BCUT2D eigenvalue weighted by molar-refractivity contribution is 6.02. The summed E-state index contributed by atoms with van der Waals surface area (Å²) in [5.74, 6) is -1.55. The molecule has 7 nitrogen and oxygen atoms in total. The van der Waals surface area contributed by atoms with Crippen LogP contribution in [0.4, 0.5) is 0 Å². The van der Waals surface area contributed by atoms with Crippen LogP contribution < -0.4 is 5.32 Å². The Labute approximate surface area is 140 Å². The second-order valence-electron chi connectivity index (χ2n) is 5.83. The fourth-order valence-corrected chi connectivity index (χ4v) is 2.65. The van der Waals surface area contributed by atoms with Crippen molar-refractivity contribution in [1.29, 1.82) is 0 Å². The summed E-state index contributed by atoms with van der Waals surface area (Å²) >= 11 is 0. The molecule has 0 atom stereocenters. The summed E-state index contributed by atoms with van der Waals surface area (Å²) in [5, 5.41) is 2.95. The molecule has 1 aromatic rings. The molecule has 1 fully saturated rings. The van der Waals surface area contributed by atoms with Crippen LogP contribution in [0.2, 0.25) is 0 Å². The Morgan fingerprint density at radius 3 is 1.88 bits per heavy atom. The lowest BCUT2D eigenvalue weighted by Gasteiger charge is -2.29. The summed E-state index contributed by atoms with van der Waals surface area (Å²) in [6.45, 7) is 1.83. The van der Waals surface area contributed by atoms with Gasteiger partial charge in [0, 0.05) is 11.6 Å². The lowest BCUT2D eigenvalue weighted by molar-refractivity contribution is 0.0599. The van der Waals surface area contributed by atoms with E-state index in [0.717, 1.165) is 25.9 Å². The van der Waals surface area contributed by atoms with Gasteiger partial charge in [0.15, 0.2) is 0 Å². The first-order valence-corrected chi connectivity index (χ1v) is 7.75. The Morgan fingerprint density at radius 2 is 1.42 bits per heavy atom. The summed E-state index contributed by atoms with van der Waals surface area (Å²) in [4.78, 5) is 38.2. The number of piperidine rings is 1. The van der Waals surface area contributed by atoms with Gasteiger partial charge in [0.1, 0.15) is 0 Å². The molecule has 1 heterocycles. The van der Waals surface area contributed by atoms with Crippen molar-refractivity contribution in [3.63, 3.8) is 0 Å². The number of methoxy groups -OCH3 is 2. The SMILES string of the molecule is COC(=O)c1cc(C(=O)NC2CCN(C)CC2)cc(C(=O)OC)c1. The van der Waals surface area contributed by atoms with Gasteiger partial charge in [-0.2, -0.15) is 0 Å². The van der Waals surface area contributed by atoms with Gasteiger partial charge >= 0.3 is 11.9 Å². The van der Waals surface area contributed by atoms with Crippen molar-refractivity contribution in [2.24, 2.45) is 0 Å². The number of nitrogens with one attached hydrogen (secondary N) is 1. The molecular formula is C17H22N2O5. The number of hydrogen-bond donors (Lipinski definition) is 1. The molecule has 0 aliphatic carbocycles. The molecule has 1 aliphatic heterocycles. The minimum absolute atomic E-state index is 0.0806. The highest BCUT2D eigenvalue weighted by Crippen LogP contribution is 2.15. The Hall–Kier alpha value is -2.41. The predicted molar refractivity (Wildman–Crippen MR) is 87.1 cm³/mol. The minimum Gasteiger partial charge on any atom is -0.465 e. The number of rotatable bonds is 4. The second-order valence-corrected chi connectivity index (χ2v) is 5.83. The summed E-state index contributed by atoms with van der Waals surface area (Å²) in [6.07, 6.45) is 1.73.